The van der Waals surface area contributed by atoms with Gasteiger partial charge < -0.3 is 4.74 Å². The largest absolute Gasteiger partial charge is 0.437 e. The molecule has 0 N–H and O–H groups in total. The molecular formula is C21H14ClNO. The highest BCUT2D eigenvalue weighted by Crippen LogP contribution is 2.36. The van der Waals surface area contributed by atoms with Crippen molar-refractivity contribution in [2.75, 3.05) is 0 Å². The molecule has 0 atom stereocenters. The lowest BCUT2D eigenvalue weighted by atomic mass is 10.0. The summed E-state index contributed by atoms with van der Waals surface area (Å²) < 4.78 is 6.06. The van der Waals surface area contributed by atoms with Crippen LogP contribution in [0, 0.1) is 0 Å². The van der Waals surface area contributed by atoms with E-state index in [9.17, 15) is 0 Å². The maximum Gasteiger partial charge on any atom is 0.227 e. The minimum absolute atomic E-state index is 0.549. The van der Waals surface area contributed by atoms with Crippen LogP contribution in [0.1, 0.15) is 0 Å². The number of ether oxygens (including phenoxy) is 1. The maximum absolute atomic E-state index is 6.24. The molecule has 0 spiro atoms. The summed E-state index contributed by atoms with van der Waals surface area (Å²) in [4.78, 5) is 4.71. The van der Waals surface area contributed by atoms with E-state index in [1.807, 2.05) is 72.8 Å². The summed E-state index contributed by atoms with van der Waals surface area (Å²) in [5.74, 6) is 1.15. The maximum atomic E-state index is 6.24. The second-order valence-corrected chi connectivity index (χ2v) is 5.84. The standard InChI is InChI=1S/C21H14ClNO/c22-18-11-5-7-13-20(18)24-21-17(15-8-2-1-3-9-15)14-16-10-4-6-12-19(16)23-21/h1-14H. The number of aromatic nitrogens is 1. The van der Waals surface area contributed by atoms with Crippen LogP contribution < -0.4 is 4.74 Å². The highest BCUT2D eigenvalue weighted by Gasteiger charge is 2.12. The van der Waals surface area contributed by atoms with Gasteiger partial charge in [0.2, 0.25) is 5.88 Å². The van der Waals surface area contributed by atoms with E-state index in [0.717, 1.165) is 22.0 Å². The molecule has 1 heterocycles. The molecule has 0 aliphatic carbocycles. The van der Waals surface area contributed by atoms with Crippen molar-refractivity contribution in [2.24, 2.45) is 0 Å². The third-order valence-corrected chi connectivity index (χ3v) is 4.13. The van der Waals surface area contributed by atoms with Gasteiger partial charge in [-0.3, -0.25) is 0 Å². The number of hydrogen-bond donors (Lipinski definition) is 0. The first-order chi connectivity index (χ1) is 11.8. The number of para-hydroxylation sites is 2. The van der Waals surface area contributed by atoms with Crippen molar-refractivity contribution in [1.82, 2.24) is 4.98 Å². The Kier molecular flexibility index (Phi) is 3.89. The molecule has 0 saturated carbocycles. The van der Waals surface area contributed by atoms with Crippen molar-refractivity contribution in [3.05, 3.63) is 90.0 Å². The van der Waals surface area contributed by atoms with Crippen LogP contribution in [0.15, 0.2) is 84.9 Å². The van der Waals surface area contributed by atoms with E-state index in [1.54, 1.807) is 6.07 Å². The summed E-state index contributed by atoms with van der Waals surface area (Å²) in [5, 5.41) is 1.63. The summed E-state index contributed by atoms with van der Waals surface area (Å²) in [7, 11) is 0. The van der Waals surface area contributed by atoms with Gasteiger partial charge in [-0.25, -0.2) is 4.98 Å². The molecule has 24 heavy (non-hydrogen) atoms. The second-order valence-electron chi connectivity index (χ2n) is 5.43. The molecule has 4 rings (SSSR count). The third-order valence-electron chi connectivity index (χ3n) is 3.82. The number of pyridine rings is 1. The summed E-state index contributed by atoms with van der Waals surface area (Å²) in [6, 6.07) is 27.6. The van der Waals surface area contributed by atoms with Crippen molar-refractivity contribution in [3.63, 3.8) is 0 Å². The monoisotopic (exact) mass is 331 g/mol. The minimum atomic E-state index is 0.549. The molecule has 0 aliphatic rings. The Morgan fingerprint density at radius 2 is 1.46 bits per heavy atom. The van der Waals surface area contributed by atoms with Crippen molar-refractivity contribution >= 4 is 22.5 Å². The Hall–Kier alpha value is -2.84. The molecule has 116 valence electrons. The Bertz CT molecular complexity index is 999. The highest BCUT2D eigenvalue weighted by atomic mass is 35.5. The fraction of sp³-hybridized carbons (Fsp3) is 0. The number of nitrogens with zero attached hydrogens (tertiary/aromatic N) is 1. The van der Waals surface area contributed by atoms with Gasteiger partial charge in [-0.05, 0) is 29.8 Å². The van der Waals surface area contributed by atoms with Gasteiger partial charge in [-0.15, -0.1) is 0 Å². The Morgan fingerprint density at radius 3 is 2.29 bits per heavy atom. The molecule has 3 heteroatoms. The lowest BCUT2D eigenvalue weighted by Crippen LogP contribution is -1.93. The van der Waals surface area contributed by atoms with Gasteiger partial charge in [-0.2, -0.15) is 0 Å². The van der Waals surface area contributed by atoms with Crippen molar-refractivity contribution in [1.29, 1.82) is 0 Å². The fourth-order valence-electron chi connectivity index (χ4n) is 2.63. The number of halogens is 1. The first-order valence-corrected chi connectivity index (χ1v) is 8.07. The average molecular weight is 332 g/mol. The van der Waals surface area contributed by atoms with Crippen LogP contribution in [0.5, 0.6) is 11.6 Å². The van der Waals surface area contributed by atoms with Crippen LogP contribution in [0.3, 0.4) is 0 Å². The van der Waals surface area contributed by atoms with Crippen LogP contribution >= 0.6 is 11.6 Å². The van der Waals surface area contributed by atoms with Gasteiger partial charge in [0, 0.05) is 10.9 Å². The van der Waals surface area contributed by atoms with E-state index in [1.165, 1.54) is 0 Å². The molecule has 0 unspecified atom stereocenters. The Labute approximate surface area is 145 Å². The SMILES string of the molecule is Clc1ccccc1Oc1nc2ccccc2cc1-c1ccccc1. The average Bonchev–Trinajstić information content (AvgIpc) is 2.64. The summed E-state index contributed by atoms with van der Waals surface area (Å²) in [6.45, 7) is 0. The second kappa shape index (κ2) is 6.34. The number of hydrogen-bond acceptors (Lipinski definition) is 2. The summed E-state index contributed by atoms with van der Waals surface area (Å²) in [6.07, 6.45) is 0. The van der Waals surface area contributed by atoms with Gasteiger partial charge >= 0.3 is 0 Å². The van der Waals surface area contributed by atoms with Gasteiger partial charge in [0.25, 0.3) is 0 Å². The van der Waals surface area contributed by atoms with Crippen molar-refractivity contribution in [2.45, 2.75) is 0 Å². The van der Waals surface area contributed by atoms with Crippen LogP contribution in [-0.2, 0) is 0 Å². The van der Waals surface area contributed by atoms with Gasteiger partial charge in [0.1, 0.15) is 5.75 Å². The molecule has 0 bridgehead atoms. The minimum Gasteiger partial charge on any atom is -0.437 e. The fourth-order valence-corrected chi connectivity index (χ4v) is 2.81. The van der Waals surface area contributed by atoms with Crippen molar-refractivity contribution in [3.8, 4) is 22.8 Å². The predicted octanol–water partition coefficient (Wildman–Crippen LogP) is 6.35. The zero-order valence-electron chi connectivity index (χ0n) is 12.8. The van der Waals surface area contributed by atoms with E-state index < -0.39 is 0 Å². The molecule has 0 fully saturated rings. The molecule has 1 aromatic heterocycles. The molecular weight excluding hydrogens is 318 g/mol. The molecule has 0 radical (unpaired) electrons. The zero-order valence-corrected chi connectivity index (χ0v) is 13.6. The Balaban J connectivity index is 1.90. The van der Waals surface area contributed by atoms with E-state index in [2.05, 4.69) is 6.07 Å². The molecule has 2 nitrogen and oxygen atoms in total. The molecule has 0 saturated heterocycles. The number of rotatable bonds is 3. The van der Waals surface area contributed by atoms with Gasteiger partial charge in [0.05, 0.1) is 10.5 Å². The van der Waals surface area contributed by atoms with Crippen molar-refractivity contribution < 1.29 is 4.74 Å². The van der Waals surface area contributed by atoms with E-state index in [4.69, 9.17) is 21.3 Å². The third kappa shape index (κ3) is 2.84. The molecule has 3 aromatic carbocycles. The predicted molar refractivity (Wildman–Crippen MR) is 98.7 cm³/mol. The zero-order chi connectivity index (χ0) is 16.4. The van der Waals surface area contributed by atoms with E-state index >= 15 is 0 Å². The van der Waals surface area contributed by atoms with E-state index in [0.29, 0.717) is 16.7 Å². The van der Waals surface area contributed by atoms with Gasteiger partial charge in [-0.1, -0.05) is 72.3 Å². The van der Waals surface area contributed by atoms with Gasteiger partial charge in [0.15, 0.2) is 0 Å². The van der Waals surface area contributed by atoms with Crippen LogP contribution in [0.4, 0.5) is 0 Å². The summed E-state index contributed by atoms with van der Waals surface area (Å²) >= 11 is 6.24. The Morgan fingerprint density at radius 1 is 0.750 bits per heavy atom. The normalized spacial score (nSPS) is 10.7. The lowest BCUT2D eigenvalue weighted by molar-refractivity contribution is 0.467. The summed E-state index contributed by atoms with van der Waals surface area (Å²) in [5.41, 5.74) is 2.88. The lowest BCUT2D eigenvalue weighted by Gasteiger charge is -2.13. The van der Waals surface area contributed by atoms with Crippen LogP contribution in [0.25, 0.3) is 22.0 Å². The smallest absolute Gasteiger partial charge is 0.227 e. The first kappa shape index (κ1) is 14.7. The van der Waals surface area contributed by atoms with Crippen LogP contribution in [-0.4, -0.2) is 4.98 Å². The topological polar surface area (TPSA) is 22.1 Å². The number of fused-ring (bicyclic) bond motifs is 1. The molecule has 0 amide bonds. The number of benzene rings is 3. The molecule has 0 aliphatic heterocycles. The quantitative estimate of drug-likeness (QED) is 0.436. The van der Waals surface area contributed by atoms with Crippen LogP contribution in [0.2, 0.25) is 5.02 Å². The van der Waals surface area contributed by atoms with E-state index in [-0.39, 0.29) is 0 Å². The molecule has 4 aromatic rings. The first-order valence-electron chi connectivity index (χ1n) is 7.69. The highest BCUT2D eigenvalue weighted by molar-refractivity contribution is 6.32.